The van der Waals surface area contributed by atoms with Gasteiger partial charge in [0.2, 0.25) is 0 Å². The molecule has 1 unspecified atom stereocenters. The molecule has 4 fully saturated rings. The molecule has 4 saturated carbocycles. The highest BCUT2D eigenvalue weighted by atomic mass is 32.2. The summed E-state index contributed by atoms with van der Waals surface area (Å²) in [6, 6.07) is 0.225. The minimum atomic E-state index is -0.152. The van der Waals surface area contributed by atoms with E-state index in [-0.39, 0.29) is 11.7 Å². The van der Waals surface area contributed by atoms with E-state index in [1.165, 1.54) is 38.5 Å². The van der Waals surface area contributed by atoms with Crippen LogP contribution in [0.5, 0.6) is 0 Å². The summed E-state index contributed by atoms with van der Waals surface area (Å²) in [5.74, 6) is 3.66. The molecule has 5 nitrogen and oxygen atoms in total. The Labute approximate surface area is 129 Å². The minimum absolute atomic E-state index is 0.152. The summed E-state index contributed by atoms with van der Waals surface area (Å²) in [7, 11) is 1.75. The van der Waals surface area contributed by atoms with Crippen LogP contribution in [0.4, 0.5) is 0 Å². The Morgan fingerprint density at radius 2 is 1.90 bits per heavy atom. The van der Waals surface area contributed by atoms with E-state index >= 15 is 0 Å². The second-order valence-electron chi connectivity index (χ2n) is 7.57. The van der Waals surface area contributed by atoms with E-state index in [4.69, 9.17) is 5.73 Å². The van der Waals surface area contributed by atoms with Crippen LogP contribution in [0, 0.1) is 23.2 Å². The Kier molecular flexibility index (Phi) is 3.23. The molecule has 1 aromatic rings. The maximum absolute atomic E-state index is 11.4. The van der Waals surface area contributed by atoms with Crippen LogP contribution in [0.2, 0.25) is 0 Å². The van der Waals surface area contributed by atoms with Gasteiger partial charge in [-0.3, -0.25) is 4.57 Å². The molecule has 3 N–H and O–H groups in total. The van der Waals surface area contributed by atoms with Gasteiger partial charge in [-0.15, -0.1) is 5.10 Å². The van der Waals surface area contributed by atoms with Gasteiger partial charge in [-0.1, -0.05) is 11.8 Å². The molecular formula is C15H24N4OS. The minimum Gasteiger partial charge on any atom is -0.326 e. The fourth-order valence-corrected chi connectivity index (χ4v) is 6.50. The molecule has 116 valence electrons. The van der Waals surface area contributed by atoms with Gasteiger partial charge in [0, 0.05) is 18.8 Å². The van der Waals surface area contributed by atoms with Gasteiger partial charge < -0.3 is 5.73 Å². The zero-order valence-corrected chi connectivity index (χ0v) is 13.4. The summed E-state index contributed by atoms with van der Waals surface area (Å²) in [4.78, 5) is 11.4. The number of hydrogen-bond donors (Lipinski definition) is 2. The van der Waals surface area contributed by atoms with Gasteiger partial charge in [0.05, 0.1) is 0 Å². The van der Waals surface area contributed by atoms with Gasteiger partial charge in [0.1, 0.15) is 0 Å². The number of nitrogens with two attached hydrogens (primary N) is 1. The topological polar surface area (TPSA) is 76.7 Å². The number of rotatable bonds is 4. The van der Waals surface area contributed by atoms with Gasteiger partial charge in [0.25, 0.3) is 0 Å². The molecule has 0 aromatic carbocycles. The van der Waals surface area contributed by atoms with Gasteiger partial charge >= 0.3 is 5.69 Å². The first-order valence-electron chi connectivity index (χ1n) is 8.05. The molecule has 4 aliphatic carbocycles. The maximum Gasteiger partial charge on any atom is 0.343 e. The highest BCUT2D eigenvalue weighted by Gasteiger charge is 2.53. The molecule has 0 amide bonds. The van der Waals surface area contributed by atoms with Crippen molar-refractivity contribution in [1.82, 2.24) is 14.8 Å². The van der Waals surface area contributed by atoms with E-state index in [0.29, 0.717) is 5.41 Å². The first-order valence-corrected chi connectivity index (χ1v) is 9.04. The first kappa shape index (κ1) is 13.9. The second kappa shape index (κ2) is 4.88. The van der Waals surface area contributed by atoms with E-state index < -0.39 is 0 Å². The summed E-state index contributed by atoms with van der Waals surface area (Å²) in [6.45, 7) is 0. The zero-order chi connectivity index (χ0) is 14.6. The van der Waals surface area contributed by atoms with Gasteiger partial charge in [-0.25, -0.2) is 9.89 Å². The Balaban J connectivity index is 1.46. The van der Waals surface area contributed by atoms with E-state index in [1.54, 1.807) is 23.4 Å². The molecule has 4 bridgehead atoms. The van der Waals surface area contributed by atoms with Gasteiger partial charge in [-0.2, -0.15) is 0 Å². The van der Waals surface area contributed by atoms with E-state index in [9.17, 15) is 4.79 Å². The zero-order valence-electron chi connectivity index (χ0n) is 12.5. The standard InChI is InChI=1S/C15H24N4OS/c1-19-13(20)17-18-14(19)21-8-12(16)15-5-9-2-10(6-15)4-11(3-9)7-15/h9-12H,2-8,16H2,1H3,(H,17,20). The number of thioether (sulfide) groups is 1. The largest absolute Gasteiger partial charge is 0.343 e. The predicted molar refractivity (Wildman–Crippen MR) is 83.1 cm³/mol. The van der Waals surface area contributed by atoms with Crippen molar-refractivity contribution in [2.75, 3.05) is 5.75 Å². The number of H-pyrrole nitrogens is 1. The molecule has 1 atom stereocenters. The van der Waals surface area contributed by atoms with Crippen LogP contribution in [-0.2, 0) is 7.05 Å². The molecule has 0 saturated heterocycles. The van der Waals surface area contributed by atoms with Crippen LogP contribution in [0.3, 0.4) is 0 Å². The molecule has 4 aliphatic rings. The summed E-state index contributed by atoms with van der Waals surface area (Å²) in [5, 5.41) is 7.31. The number of aromatic amines is 1. The number of hydrogen-bond acceptors (Lipinski definition) is 4. The predicted octanol–water partition coefficient (Wildman–Crippen LogP) is 1.74. The molecule has 6 heteroatoms. The molecule has 0 aliphatic heterocycles. The van der Waals surface area contributed by atoms with E-state index in [0.717, 1.165) is 28.7 Å². The van der Waals surface area contributed by atoms with Gasteiger partial charge in [0.15, 0.2) is 5.16 Å². The Bertz CT molecular complexity index is 557. The lowest BCUT2D eigenvalue weighted by Gasteiger charge is -2.59. The quantitative estimate of drug-likeness (QED) is 0.831. The third kappa shape index (κ3) is 2.27. The summed E-state index contributed by atoms with van der Waals surface area (Å²) in [6.07, 6.45) is 8.35. The van der Waals surface area contributed by atoms with Crippen LogP contribution in [0.25, 0.3) is 0 Å². The van der Waals surface area contributed by atoms with Crippen molar-refractivity contribution < 1.29 is 0 Å². The van der Waals surface area contributed by atoms with Crippen LogP contribution in [-0.4, -0.2) is 26.6 Å². The molecule has 0 spiro atoms. The van der Waals surface area contributed by atoms with Gasteiger partial charge in [-0.05, 0) is 61.7 Å². The SMILES string of the molecule is Cn1c(SCC(N)C23CC4CC(CC(C4)C2)C3)n[nH]c1=O. The summed E-state index contributed by atoms with van der Waals surface area (Å²) in [5.41, 5.74) is 6.85. The number of nitrogens with one attached hydrogen (secondary N) is 1. The molecule has 0 radical (unpaired) electrons. The van der Waals surface area contributed by atoms with Crippen LogP contribution in [0.15, 0.2) is 9.95 Å². The third-order valence-electron chi connectivity index (χ3n) is 6.10. The van der Waals surface area contributed by atoms with Crippen molar-refractivity contribution in [2.45, 2.75) is 49.7 Å². The summed E-state index contributed by atoms with van der Waals surface area (Å²) < 4.78 is 1.57. The second-order valence-corrected chi connectivity index (χ2v) is 8.55. The van der Waals surface area contributed by atoms with Crippen LogP contribution < -0.4 is 11.4 Å². The fourth-order valence-electron chi connectivity index (χ4n) is 5.43. The fraction of sp³-hybridized carbons (Fsp3) is 0.867. The average molecular weight is 308 g/mol. The van der Waals surface area contributed by atoms with Crippen molar-refractivity contribution in [3.05, 3.63) is 10.5 Å². The highest BCUT2D eigenvalue weighted by Crippen LogP contribution is 2.61. The molecular weight excluding hydrogens is 284 g/mol. The lowest BCUT2D eigenvalue weighted by atomic mass is 9.48. The molecule has 21 heavy (non-hydrogen) atoms. The smallest absolute Gasteiger partial charge is 0.326 e. The molecule has 1 aromatic heterocycles. The molecule has 1 heterocycles. The highest BCUT2D eigenvalue weighted by molar-refractivity contribution is 7.99. The van der Waals surface area contributed by atoms with Crippen LogP contribution >= 0.6 is 11.8 Å². The first-order chi connectivity index (χ1) is 10.1. The Morgan fingerprint density at radius 1 is 1.33 bits per heavy atom. The van der Waals surface area contributed by atoms with Crippen molar-refractivity contribution in [2.24, 2.45) is 36.0 Å². The average Bonchev–Trinajstić information content (AvgIpc) is 2.75. The van der Waals surface area contributed by atoms with Crippen molar-refractivity contribution >= 4 is 11.8 Å². The van der Waals surface area contributed by atoms with Crippen molar-refractivity contribution in [1.29, 1.82) is 0 Å². The molecule has 5 rings (SSSR count). The number of nitrogens with zero attached hydrogens (tertiary/aromatic N) is 2. The summed E-state index contributed by atoms with van der Waals surface area (Å²) >= 11 is 1.62. The third-order valence-corrected chi connectivity index (χ3v) is 7.25. The lowest BCUT2D eigenvalue weighted by Crippen LogP contribution is -2.55. The number of aromatic nitrogens is 3. The Hall–Kier alpha value is -0.750. The van der Waals surface area contributed by atoms with E-state index in [2.05, 4.69) is 10.2 Å². The maximum atomic E-state index is 11.4. The van der Waals surface area contributed by atoms with E-state index in [1.807, 2.05) is 0 Å². The monoisotopic (exact) mass is 308 g/mol. The van der Waals surface area contributed by atoms with Crippen LogP contribution in [0.1, 0.15) is 38.5 Å². The van der Waals surface area contributed by atoms with Crippen molar-refractivity contribution in [3.63, 3.8) is 0 Å². The van der Waals surface area contributed by atoms with Crippen molar-refractivity contribution in [3.8, 4) is 0 Å². The normalized spacial score (nSPS) is 38.9. The lowest BCUT2D eigenvalue weighted by molar-refractivity contribution is -0.0629. The Morgan fingerprint density at radius 3 is 2.38 bits per heavy atom.